The van der Waals surface area contributed by atoms with Crippen molar-refractivity contribution in [1.82, 2.24) is 9.88 Å². The molecule has 1 aliphatic heterocycles. The largest absolute Gasteiger partial charge is 0.491 e. The van der Waals surface area contributed by atoms with E-state index in [1.165, 1.54) is 11.6 Å². The molecule has 0 bridgehead atoms. The van der Waals surface area contributed by atoms with E-state index in [9.17, 15) is 4.79 Å². The molecule has 1 saturated heterocycles. The standard InChI is InChI=1S/C28H30N2O4/c1-22-15-26(34-21-27-20-32-13-14-33-27)17-28(31)30(22)19-25-10-5-9-23(16-25)11-6-12-29-18-24-7-3-2-4-8-24/h2-5,7-10,15-17,27,29H,12-14,18-21H2,1H3/t27-/m1/s1. The van der Waals surface area contributed by atoms with Crippen LogP contribution >= 0.6 is 0 Å². The minimum atomic E-state index is -0.103. The van der Waals surface area contributed by atoms with Gasteiger partial charge in [0.15, 0.2) is 0 Å². The summed E-state index contributed by atoms with van der Waals surface area (Å²) < 4.78 is 18.5. The summed E-state index contributed by atoms with van der Waals surface area (Å²) >= 11 is 0. The first-order valence-corrected chi connectivity index (χ1v) is 11.5. The van der Waals surface area contributed by atoms with Crippen LogP contribution in [0.4, 0.5) is 0 Å². The maximum atomic E-state index is 12.8. The number of nitrogens with one attached hydrogen (secondary N) is 1. The molecule has 1 N–H and O–H groups in total. The van der Waals surface area contributed by atoms with Crippen LogP contribution in [0.25, 0.3) is 0 Å². The van der Waals surface area contributed by atoms with Crippen molar-refractivity contribution < 1.29 is 14.2 Å². The predicted octanol–water partition coefficient (Wildman–Crippen LogP) is 3.14. The molecule has 0 radical (unpaired) electrons. The highest BCUT2D eigenvalue weighted by Gasteiger charge is 2.15. The Morgan fingerprint density at radius 2 is 1.91 bits per heavy atom. The fourth-order valence-corrected chi connectivity index (χ4v) is 3.75. The van der Waals surface area contributed by atoms with E-state index in [1.807, 2.05) is 55.5 Å². The van der Waals surface area contributed by atoms with Crippen LogP contribution in [0.1, 0.15) is 22.4 Å². The SMILES string of the molecule is Cc1cc(OC[C@H]2COCCO2)cc(=O)n1Cc1cccc(C#CCNCc2ccccc2)c1. The maximum Gasteiger partial charge on any atom is 0.254 e. The van der Waals surface area contributed by atoms with Gasteiger partial charge in [0.25, 0.3) is 5.56 Å². The minimum absolute atomic E-state index is 0.0996. The fourth-order valence-electron chi connectivity index (χ4n) is 3.75. The lowest BCUT2D eigenvalue weighted by atomic mass is 10.1. The van der Waals surface area contributed by atoms with E-state index >= 15 is 0 Å². The van der Waals surface area contributed by atoms with Gasteiger partial charge in [-0.1, -0.05) is 54.3 Å². The number of pyridine rings is 1. The third kappa shape index (κ3) is 7.06. The maximum absolute atomic E-state index is 12.8. The molecule has 0 amide bonds. The van der Waals surface area contributed by atoms with E-state index in [-0.39, 0.29) is 11.7 Å². The molecule has 6 heteroatoms. The first kappa shape index (κ1) is 23.8. The Kier molecular flexibility index (Phi) is 8.53. The molecule has 6 nitrogen and oxygen atoms in total. The Bertz CT molecular complexity index is 1190. The number of aryl methyl sites for hydroxylation is 1. The van der Waals surface area contributed by atoms with Crippen molar-refractivity contribution in [1.29, 1.82) is 0 Å². The van der Waals surface area contributed by atoms with Crippen molar-refractivity contribution in [2.45, 2.75) is 26.1 Å². The van der Waals surface area contributed by atoms with E-state index in [2.05, 4.69) is 29.3 Å². The van der Waals surface area contributed by atoms with Crippen LogP contribution in [0.2, 0.25) is 0 Å². The summed E-state index contributed by atoms with van der Waals surface area (Å²) in [5, 5.41) is 3.33. The molecule has 0 aliphatic carbocycles. The van der Waals surface area contributed by atoms with Crippen molar-refractivity contribution in [2.75, 3.05) is 33.0 Å². The molecule has 2 aromatic carbocycles. The summed E-state index contributed by atoms with van der Waals surface area (Å²) in [7, 11) is 0. The normalized spacial score (nSPS) is 15.4. The summed E-state index contributed by atoms with van der Waals surface area (Å²) in [6.45, 7) is 5.85. The highest BCUT2D eigenvalue weighted by Crippen LogP contribution is 2.14. The van der Waals surface area contributed by atoms with Crippen LogP contribution in [0.15, 0.2) is 71.5 Å². The number of aromatic nitrogens is 1. The van der Waals surface area contributed by atoms with Crippen molar-refractivity contribution in [2.24, 2.45) is 0 Å². The van der Waals surface area contributed by atoms with E-state index < -0.39 is 0 Å². The van der Waals surface area contributed by atoms with Crippen molar-refractivity contribution in [3.05, 3.63) is 99.5 Å². The quantitative estimate of drug-likeness (QED) is 0.415. The number of benzene rings is 2. The second-order valence-corrected chi connectivity index (χ2v) is 8.23. The second-order valence-electron chi connectivity index (χ2n) is 8.23. The summed E-state index contributed by atoms with van der Waals surface area (Å²) in [6.07, 6.45) is -0.103. The monoisotopic (exact) mass is 458 g/mol. The number of rotatable bonds is 8. The summed E-state index contributed by atoms with van der Waals surface area (Å²) in [5.41, 5.74) is 3.93. The van der Waals surface area contributed by atoms with Crippen LogP contribution in [0, 0.1) is 18.8 Å². The topological polar surface area (TPSA) is 61.7 Å². The first-order valence-electron chi connectivity index (χ1n) is 11.5. The van der Waals surface area contributed by atoms with Gasteiger partial charge < -0.3 is 24.1 Å². The third-order valence-corrected chi connectivity index (χ3v) is 5.52. The van der Waals surface area contributed by atoms with Crippen LogP contribution in [0.5, 0.6) is 5.75 Å². The summed E-state index contributed by atoms with van der Waals surface area (Å²) in [6, 6.07) is 21.7. The zero-order chi connectivity index (χ0) is 23.6. The molecule has 1 aromatic heterocycles. The molecule has 0 unspecified atom stereocenters. The molecule has 0 saturated carbocycles. The minimum Gasteiger partial charge on any atom is -0.491 e. The van der Waals surface area contributed by atoms with Gasteiger partial charge >= 0.3 is 0 Å². The number of nitrogens with zero attached hydrogens (tertiary/aromatic N) is 1. The van der Waals surface area contributed by atoms with Crippen LogP contribution < -0.4 is 15.6 Å². The number of ether oxygens (including phenoxy) is 3. The van der Waals surface area contributed by atoms with Gasteiger partial charge in [-0.15, -0.1) is 0 Å². The van der Waals surface area contributed by atoms with Gasteiger partial charge in [0, 0.05) is 23.9 Å². The molecule has 3 aromatic rings. The Labute approximate surface area is 200 Å². The van der Waals surface area contributed by atoms with Crippen LogP contribution in [-0.4, -0.2) is 43.6 Å². The van der Waals surface area contributed by atoms with Crippen molar-refractivity contribution >= 4 is 0 Å². The molecule has 1 aliphatic rings. The zero-order valence-corrected chi connectivity index (χ0v) is 19.5. The smallest absolute Gasteiger partial charge is 0.254 e. The molecule has 0 spiro atoms. The molecule has 1 atom stereocenters. The lowest BCUT2D eigenvalue weighted by molar-refractivity contribution is -0.101. The average molecular weight is 459 g/mol. The molecule has 4 rings (SSSR count). The van der Waals surface area contributed by atoms with E-state index in [0.29, 0.717) is 45.3 Å². The number of hydrogen-bond acceptors (Lipinski definition) is 5. The molecular weight excluding hydrogens is 428 g/mol. The van der Waals surface area contributed by atoms with Gasteiger partial charge in [-0.25, -0.2) is 0 Å². The Hall–Kier alpha value is -3.37. The molecule has 34 heavy (non-hydrogen) atoms. The molecule has 176 valence electrons. The highest BCUT2D eigenvalue weighted by atomic mass is 16.6. The Morgan fingerprint density at radius 1 is 1.06 bits per heavy atom. The number of hydrogen-bond donors (Lipinski definition) is 1. The summed E-state index contributed by atoms with van der Waals surface area (Å²) in [4.78, 5) is 12.8. The van der Waals surface area contributed by atoms with Gasteiger partial charge in [0.1, 0.15) is 18.5 Å². The van der Waals surface area contributed by atoms with Crippen molar-refractivity contribution in [3.8, 4) is 17.6 Å². The third-order valence-electron chi connectivity index (χ3n) is 5.52. The Morgan fingerprint density at radius 3 is 2.71 bits per heavy atom. The Balaban J connectivity index is 1.33. The second kappa shape index (κ2) is 12.2. The van der Waals surface area contributed by atoms with Gasteiger partial charge in [0.05, 0.1) is 32.9 Å². The van der Waals surface area contributed by atoms with Gasteiger partial charge in [-0.2, -0.15) is 0 Å². The van der Waals surface area contributed by atoms with Gasteiger partial charge in [0.2, 0.25) is 0 Å². The molecular formula is C28H30N2O4. The van der Waals surface area contributed by atoms with Crippen LogP contribution in [-0.2, 0) is 22.6 Å². The average Bonchev–Trinajstić information content (AvgIpc) is 2.86. The van der Waals surface area contributed by atoms with Crippen molar-refractivity contribution in [3.63, 3.8) is 0 Å². The molecule has 1 fully saturated rings. The zero-order valence-electron chi connectivity index (χ0n) is 19.5. The van der Waals surface area contributed by atoms with Gasteiger partial charge in [-0.3, -0.25) is 4.79 Å². The van der Waals surface area contributed by atoms with E-state index in [1.54, 1.807) is 4.57 Å². The highest BCUT2D eigenvalue weighted by molar-refractivity contribution is 5.37. The fraction of sp³-hybridized carbons (Fsp3) is 0.321. The summed E-state index contributed by atoms with van der Waals surface area (Å²) in [5.74, 6) is 6.92. The lowest BCUT2D eigenvalue weighted by Gasteiger charge is -2.23. The van der Waals surface area contributed by atoms with E-state index in [4.69, 9.17) is 14.2 Å². The van der Waals surface area contributed by atoms with E-state index in [0.717, 1.165) is 23.4 Å². The van der Waals surface area contributed by atoms with Gasteiger partial charge in [-0.05, 0) is 36.2 Å². The van der Waals surface area contributed by atoms with Crippen LogP contribution in [0.3, 0.4) is 0 Å². The predicted molar refractivity (Wildman–Crippen MR) is 132 cm³/mol. The lowest BCUT2D eigenvalue weighted by Crippen LogP contribution is -2.33. The molecule has 2 heterocycles. The first-order chi connectivity index (χ1) is 16.7.